The predicted molar refractivity (Wildman–Crippen MR) is 35.6 cm³/mol. The molecule has 0 aliphatic heterocycles. The molecule has 4 heteroatoms. The van der Waals surface area contributed by atoms with E-state index in [1.807, 2.05) is 6.07 Å². The number of ether oxygens (including phenoxy) is 1. The maximum Gasteiger partial charge on any atom is 0.348 e. The molecule has 0 saturated heterocycles. The van der Waals surface area contributed by atoms with Crippen molar-refractivity contribution in [2.75, 3.05) is 13.7 Å². The number of hydrogen-bond donors (Lipinski definition) is 0. The molecule has 0 heterocycles. The van der Waals surface area contributed by atoms with Gasteiger partial charge >= 0.3 is 5.97 Å². The third kappa shape index (κ3) is 4.78. The molecule has 0 fully saturated rings. The van der Waals surface area contributed by atoms with Crippen molar-refractivity contribution in [3.63, 3.8) is 0 Å². The van der Waals surface area contributed by atoms with Gasteiger partial charge in [-0.2, -0.15) is 5.26 Å². The van der Waals surface area contributed by atoms with Gasteiger partial charge in [0.1, 0.15) is 6.21 Å². The second kappa shape index (κ2) is 5.76. The van der Waals surface area contributed by atoms with Crippen molar-refractivity contribution in [2.45, 2.75) is 6.42 Å². The first-order valence-electron chi connectivity index (χ1n) is 2.76. The Labute approximate surface area is 59.1 Å². The molecule has 4 nitrogen and oxygen atoms in total. The molecule has 0 unspecified atom stereocenters. The molecule has 0 N–H and O–H groups in total. The van der Waals surface area contributed by atoms with Gasteiger partial charge in [-0.15, -0.1) is 0 Å². The molecule has 0 spiro atoms. The van der Waals surface area contributed by atoms with Crippen LogP contribution in [-0.2, 0) is 9.53 Å². The smallest absolute Gasteiger partial charge is 0.348 e. The minimum Gasteiger partial charge on any atom is -0.465 e. The fraction of sp³-hybridized carbons (Fsp3) is 0.500. The van der Waals surface area contributed by atoms with E-state index in [1.165, 1.54) is 7.11 Å². The maximum atomic E-state index is 10.3. The largest absolute Gasteiger partial charge is 0.465 e. The monoisotopic (exact) mass is 140 g/mol. The Kier molecular flexibility index (Phi) is 4.97. The van der Waals surface area contributed by atoms with Crippen LogP contribution in [-0.4, -0.2) is 25.8 Å². The number of carbonyl (C=O) groups is 1. The van der Waals surface area contributed by atoms with E-state index in [-0.39, 0.29) is 0 Å². The molecule has 0 aliphatic rings. The van der Waals surface area contributed by atoms with Crippen LogP contribution in [0.15, 0.2) is 4.99 Å². The average Bonchev–Trinajstić information content (AvgIpc) is 1.98. The molecule has 0 aromatic carbocycles. The molecule has 0 radical (unpaired) electrons. The molecule has 0 saturated carbocycles. The Balaban J connectivity index is 3.38. The van der Waals surface area contributed by atoms with E-state index in [9.17, 15) is 4.79 Å². The third-order valence-corrected chi connectivity index (χ3v) is 0.751. The van der Waals surface area contributed by atoms with Gasteiger partial charge in [0.05, 0.1) is 26.1 Å². The van der Waals surface area contributed by atoms with Crippen molar-refractivity contribution >= 4 is 12.2 Å². The van der Waals surface area contributed by atoms with Gasteiger partial charge in [-0.25, -0.2) is 4.79 Å². The van der Waals surface area contributed by atoms with Crippen LogP contribution in [0.1, 0.15) is 6.42 Å². The molecule has 0 bridgehead atoms. The fourth-order valence-corrected chi connectivity index (χ4v) is 0.306. The summed E-state index contributed by atoms with van der Waals surface area (Å²) in [7, 11) is 1.28. The molecule has 0 rings (SSSR count). The number of hydrogen-bond acceptors (Lipinski definition) is 4. The molecular weight excluding hydrogens is 132 g/mol. The Morgan fingerprint density at radius 2 is 2.60 bits per heavy atom. The van der Waals surface area contributed by atoms with Gasteiger partial charge in [-0.3, -0.25) is 4.99 Å². The lowest BCUT2D eigenvalue weighted by atomic mass is 10.5. The maximum absolute atomic E-state index is 10.3. The van der Waals surface area contributed by atoms with Gasteiger partial charge in [0.15, 0.2) is 0 Å². The number of nitriles is 1. The van der Waals surface area contributed by atoms with Crippen LogP contribution in [0.3, 0.4) is 0 Å². The lowest BCUT2D eigenvalue weighted by Gasteiger charge is -1.86. The standard InChI is InChI=1S/C6H8N2O2/c1-10-6(9)5-8-4-2-3-7/h5H,2,4H2,1H3. The van der Waals surface area contributed by atoms with E-state index in [0.717, 1.165) is 6.21 Å². The fourth-order valence-electron chi connectivity index (χ4n) is 0.306. The van der Waals surface area contributed by atoms with Gasteiger partial charge in [0.25, 0.3) is 0 Å². The Morgan fingerprint density at radius 3 is 3.10 bits per heavy atom. The van der Waals surface area contributed by atoms with E-state index in [1.54, 1.807) is 0 Å². The molecule has 0 amide bonds. The highest BCUT2D eigenvalue weighted by Crippen LogP contribution is 1.76. The highest BCUT2D eigenvalue weighted by atomic mass is 16.5. The normalized spacial score (nSPS) is 9.20. The number of methoxy groups -OCH3 is 1. The lowest BCUT2D eigenvalue weighted by Crippen LogP contribution is -2.01. The van der Waals surface area contributed by atoms with Gasteiger partial charge in [0.2, 0.25) is 0 Å². The molecule has 10 heavy (non-hydrogen) atoms. The summed E-state index contributed by atoms with van der Waals surface area (Å²) >= 11 is 0. The quantitative estimate of drug-likeness (QED) is 0.318. The molecule has 0 aromatic rings. The van der Waals surface area contributed by atoms with Gasteiger partial charge in [-0.1, -0.05) is 0 Å². The van der Waals surface area contributed by atoms with Gasteiger partial charge in [-0.05, 0) is 0 Å². The highest BCUT2D eigenvalue weighted by molar-refractivity contribution is 6.23. The summed E-state index contributed by atoms with van der Waals surface area (Å²) in [4.78, 5) is 13.9. The zero-order valence-corrected chi connectivity index (χ0v) is 5.70. The Hall–Kier alpha value is -1.37. The number of carbonyl (C=O) groups excluding carboxylic acids is 1. The van der Waals surface area contributed by atoms with E-state index in [4.69, 9.17) is 5.26 Å². The van der Waals surface area contributed by atoms with Crippen LogP contribution in [0.4, 0.5) is 0 Å². The zero-order chi connectivity index (χ0) is 7.82. The minimum absolute atomic E-state index is 0.327. The van der Waals surface area contributed by atoms with Crippen LogP contribution in [0.2, 0.25) is 0 Å². The molecule has 0 aliphatic carbocycles. The van der Waals surface area contributed by atoms with Crippen LogP contribution in [0.5, 0.6) is 0 Å². The number of esters is 1. The highest BCUT2D eigenvalue weighted by Gasteiger charge is 1.89. The van der Waals surface area contributed by atoms with Crippen LogP contribution >= 0.6 is 0 Å². The molecule has 54 valence electrons. The second-order valence-corrected chi connectivity index (χ2v) is 1.47. The third-order valence-electron chi connectivity index (χ3n) is 0.751. The van der Waals surface area contributed by atoms with Crippen LogP contribution < -0.4 is 0 Å². The summed E-state index contributed by atoms with van der Waals surface area (Å²) < 4.78 is 4.26. The van der Waals surface area contributed by atoms with Crippen LogP contribution in [0, 0.1) is 11.3 Å². The van der Waals surface area contributed by atoms with E-state index in [0.29, 0.717) is 13.0 Å². The SMILES string of the molecule is COC(=O)C=NCCC#N. The van der Waals surface area contributed by atoms with Gasteiger partial charge in [0, 0.05) is 0 Å². The molecule has 0 atom stereocenters. The first-order valence-corrected chi connectivity index (χ1v) is 2.76. The van der Waals surface area contributed by atoms with Crippen LogP contribution in [0.25, 0.3) is 0 Å². The number of rotatable bonds is 3. The first kappa shape index (κ1) is 8.63. The van der Waals surface area contributed by atoms with Crippen molar-refractivity contribution in [3.05, 3.63) is 0 Å². The van der Waals surface area contributed by atoms with Crippen molar-refractivity contribution < 1.29 is 9.53 Å². The Bertz CT molecular complexity index is 169. The minimum atomic E-state index is -0.488. The number of aliphatic imine (C=N–C) groups is 1. The molecular formula is C6H8N2O2. The van der Waals surface area contributed by atoms with Crippen molar-refractivity contribution in [1.82, 2.24) is 0 Å². The van der Waals surface area contributed by atoms with E-state index >= 15 is 0 Å². The van der Waals surface area contributed by atoms with Crippen molar-refractivity contribution in [3.8, 4) is 6.07 Å². The van der Waals surface area contributed by atoms with E-state index in [2.05, 4.69) is 9.73 Å². The average molecular weight is 140 g/mol. The van der Waals surface area contributed by atoms with Crippen molar-refractivity contribution in [2.24, 2.45) is 4.99 Å². The Morgan fingerprint density at radius 1 is 1.90 bits per heavy atom. The van der Waals surface area contributed by atoms with E-state index < -0.39 is 5.97 Å². The summed E-state index contributed by atoms with van der Waals surface area (Å²) in [5, 5.41) is 8.05. The van der Waals surface area contributed by atoms with Gasteiger partial charge < -0.3 is 4.74 Å². The molecule has 0 aromatic heterocycles. The summed E-state index contributed by atoms with van der Waals surface area (Å²) in [6.07, 6.45) is 1.39. The lowest BCUT2D eigenvalue weighted by molar-refractivity contribution is -0.132. The van der Waals surface area contributed by atoms with Crippen molar-refractivity contribution in [1.29, 1.82) is 5.26 Å². The second-order valence-electron chi connectivity index (χ2n) is 1.47. The number of nitrogens with zero attached hydrogens (tertiary/aromatic N) is 2. The summed E-state index contributed by atoms with van der Waals surface area (Å²) in [5.74, 6) is -0.488. The summed E-state index contributed by atoms with van der Waals surface area (Å²) in [5.41, 5.74) is 0. The predicted octanol–water partition coefficient (Wildman–Crippen LogP) is 0.144. The topological polar surface area (TPSA) is 62.4 Å². The zero-order valence-electron chi connectivity index (χ0n) is 5.70. The summed E-state index contributed by atoms with van der Waals surface area (Å²) in [6, 6.07) is 1.89. The first-order chi connectivity index (χ1) is 4.81. The summed E-state index contributed by atoms with van der Waals surface area (Å²) in [6.45, 7) is 0.353.